The van der Waals surface area contributed by atoms with Gasteiger partial charge in [-0.15, -0.1) is 0 Å². The summed E-state index contributed by atoms with van der Waals surface area (Å²) in [6.45, 7) is 5.74. The van der Waals surface area contributed by atoms with Crippen LogP contribution in [0.5, 0.6) is 0 Å². The minimum absolute atomic E-state index is 0.592. The van der Waals surface area contributed by atoms with Crippen LogP contribution < -0.4 is 0 Å². The summed E-state index contributed by atoms with van der Waals surface area (Å²) in [5.41, 5.74) is 1.40. The van der Waals surface area contributed by atoms with Crippen molar-refractivity contribution in [2.75, 3.05) is 20.6 Å². The topological polar surface area (TPSA) is 3.24 Å². The Labute approximate surface area is 111 Å². The Hall–Kier alpha value is -0.530. The normalized spacial score (nSPS) is 14.9. The molecule has 0 aliphatic heterocycles. The number of halogens is 1. The molecular weight excluding hydrogens is 230 g/mol. The molecular formula is C15H24ClN. The van der Waals surface area contributed by atoms with Crippen molar-refractivity contribution < 1.29 is 0 Å². The van der Waals surface area contributed by atoms with E-state index in [4.69, 9.17) is 11.6 Å². The lowest BCUT2D eigenvalue weighted by atomic mass is 9.84. The third-order valence-electron chi connectivity index (χ3n) is 3.36. The molecule has 1 aromatic rings. The second-order valence-electron chi connectivity index (χ2n) is 5.15. The Bertz CT molecular complexity index is 318. The van der Waals surface area contributed by atoms with Crippen LogP contribution in [0.2, 0.25) is 5.02 Å². The minimum Gasteiger partial charge on any atom is -0.309 e. The molecule has 0 saturated heterocycles. The number of benzene rings is 1. The third-order valence-corrected chi connectivity index (χ3v) is 3.61. The van der Waals surface area contributed by atoms with E-state index in [-0.39, 0.29) is 0 Å². The zero-order valence-corrected chi connectivity index (χ0v) is 12.2. The average Bonchev–Trinajstić information content (AvgIpc) is 2.28. The van der Waals surface area contributed by atoms with Crippen molar-refractivity contribution in [3.63, 3.8) is 0 Å². The maximum absolute atomic E-state index is 5.93. The van der Waals surface area contributed by atoms with Gasteiger partial charge in [0.15, 0.2) is 0 Å². The van der Waals surface area contributed by atoms with Gasteiger partial charge in [0.25, 0.3) is 0 Å². The summed E-state index contributed by atoms with van der Waals surface area (Å²) in [6.07, 6.45) is 2.53. The first kappa shape index (κ1) is 14.5. The van der Waals surface area contributed by atoms with E-state index in [0.717, 1.165) is 17.5 Å². The maximum Gasteiger partial charge on any atom is 0.0406 e. The highest BCUT2D eigenvalue weighted by Gasteiger charge is 2.18. The smallest absolute Gasteiger partial charge is 0.0406 e. The van der Waals surface area contributed by atoms with Crippen LogP contribution >= 0.6 is 11.6 Å². The fraction of sp³-hybridized carbons (Fsp3) is 0.600. The van der Waals surface area contributed by atoms with Crippen molar-refractivity contribution in [1.82, 2.24) is 4.90 Å². The monoisotopic (exact) mass is 253 g/mol. The largest absolute Gasteiger partial charge is 0.309 e. The highest BCUT2D eigenvalue weighted by molar-refractivity contribution is 6.30. The van der Waals surface area contributed by atoms with Gasteiger partial charge < -0.3 is 4.90 Å². The highest BCUT2D eigenvalue weighted by Crippen LogP contribution is 2.29. The van der Waals surface area contributed by atoms with Crippen molar-refractivity contribution >= 4 is 11.6 Å². The molecule has 0 N–H and O–H groups in total. The zero-order valence-electron chi connectivity index (χ0n) is 11.4. The van der Waals surface area contributed by atoms with Gasteiger partial charge in [-0.2, -0.15) is 0 Å². The Morgan fingerprint density at radius 1 is 1.18 bits per heavy atom. The molecule has 0 amide bonds. The summed E-state index contributed by atoms with van der Waals surface area (Å²) in [5, 5.41) is 0.820. The molecule has 0 aliphatic rings. The zero-order chi connectivity index (χ0) is 12.8. The summed E-state index contributed by atoms with van der Waals surface area (Å²) >= 11 is 5.93. The van der Waals surface area contributed by atoms with Crippen LogP contribution in [0, 0.1) is 5.92 Å². The van der Waals surface area contributed by atoms with Gasteiger partial charge in [-0.3, -0.25) is 0 Å². The van der Waals surface area contributed by atoms with Crippen LogP contribution in [-0.2, 0) is 0 Å². The molecule has 17 heavy (non-hydrogen) atoms. The molecule has 2 atom stereocenters. The lowest BCUT2D eigenvalue weighted by Crippen LogP contribution is -2.25. The molecule has 0 fully saturated rings. The first-order valence-corrected chi connectivity index (χ1v) is 6.82. The van der Waals surface area contributed by atoms with Crippen molar-refractivity contribution in [3.8, 4) is 0 Å². The predicted octanol–water partition coefficient (Wildman–Crippen LogP) is 4.42. The number of hydrogen-bond donors (Lipinski definition) is 0. The van der Waals surface area contributed by atoms with Gasteiger partial charge in [0.1, 0.15) is 0 Å². The van der Waals surface area contributed by atoms with Crippen LogP contribution in [0.15, 0.2) is 24.3 Å². The Kier molecular flexibility index (Phi) is 6.01. The predicted molar refractivity (Wildman–Crippen MR) is 76.8 cm³/mol. The van der Waals surface area contributed by atoms with Crippen LogP contribution in [0.1, 0.15) is 38.2 Å². The molecule has 1 nitrogen and oxygen atoms in total. The summed E-state index contributed by atoms with van der Waals surface area (Å²) in [5.74, 6) is 1.31. The van der Waals surface area contributed by atoms with E-state index in [2.05, 4.69) is 45.0 Å². The van der Waals surface area contributed by atoms with Gasteiger partial charge in [-0.1, -0.05) is 44.0 Å². The van der Waals surface area contributed by atoms with Gasteiger partial charge in [-0.25, -0.2) is 0 Å². The number of nitrogens with zero attached hydrogens (tertiary/aromatic N) is 1. The molecule has 1 rings (SSSR count). The van der Waals surface area contributed by atoms with Crippen molar-refractivity contribution in [2.24, 2.45) is 5.92 Å². The van der Waals surface area contributed by atoms with Crippen molar-refractivity contribution in [3.05, 3.63) is 34.9 Å². The molecule has 0 bridgehead atoms. The molecule has 0 spiro atoms. The fourth-order valence-electron chi connectivity index (χ4n) is 2.38. The third kappa shape index (κ3) is 4.69. The molecule has 96 valence electrons. The maximum atomic E-state index is 5.93. The minimum atomic E-state index is 0.592. The van der Waals surface area contributed by atoms with Crippen LogP contribution in [0.3, 0.4) is 0 Å². The standard InChI is InChI=1S/C15H24ClN/c1-5-6-14(11-17(3)4)12(2)13-7-9-15(16)10-8-13/h7-10,12,14H,5-6,11H2,1-4H3/t12-,14?/m1/s1. The summed E-state index contributed by atoms with van der Waals surface area (Å²) in [4.78, 5) is 2.28. The Balaban J connectivity index is 2.75. The van der Waals surface area contributed by atoms with Gasteiger partial charge in [-0.05, 0) is 50.0 Å². The number of rotatable bonds is 6. The van der Waals surface area contributed by atoms with E-state index in [9.17, 15) is 0 Å². The van der Waals surface area contributed by atoms with E-state index in [1.807, 2.05) is 12.1 Å². The molecule has 2 heteroatoms. The van der Waals surface area contributed by atoms with E-state index >= 15 is 0 Å². The first-order chi connectivity index (χ1) is 8.04. The van der Waals surface area contributed by atoms with Gasteiger partial charge >= 0.3 is 0 Å². The van der Waals surface area contributed by atoms with Crippen LogP contribution in [-0.4, -0.2) is 25.5 Å². The molecule has 0 saturated carbocycles. The van der Waals surface area contributed by atoms with E-state index in [0.29, 0.717) is 5.92 Å². The lowest BCUT2D eigenvalue weighted by Gasteiger charge is -2.27. The summed E-state index contributed by atoms with van der Waals surface area (Å²) in [7, 11) is 4.30. The van der Waals surface area contributed by atoms with E-state index in [1.165, 1.54) is 18.4 Å². The van der Waals surface area contributed by atoms with Crippen LogP contribution in [0.25, 0.3) is 0 Å². The first-order valence-electron chi connectivity index (χ1n) is 6.44. The van der Waals surface area contributed by atoms with Crippen molar-refractivity contribution in [2.45, 2.75) is 32.6 Å². The van der Waals surface area contributed by atoms with Crippen LogP contribution in [0.4, 0.5) is 0 Å². The summed E-state index contributed by atoms with van der Waals surface area (Å²) < 4.78 is 0. The molecule has 0 heterocycles. The SMILES string of the molecule is CCCC(CN(C)C)[C@H](C)c1ccc(Cl)cc1. The molecule has 1 aromatic carbocycles. The van der Waals surface area contributed by atoms with E-state index < -0.39 is 0 Å². The Morgan fingerprint density at radius 2 is 1.76 bits per heavy atom. The Morgan fingerprint density at radius 3 is 2.24 bits per heavy atom. The van der Waals surface area contributed by atoms with Gasteiger partial charge in [0.05, 0.1) is 0 Å². The average molecular weight is 254 g/mol. The highest BCUT2D eigenvalue weighted by atomic mass is 35.5. The molecule has 0 aromatic heterocycles. The lowest BCUT2D eigenvalue weighted by molar-refractivity contribution is 0.281. The number of hydrogen-bond acceptors (Lipinski definition) is 1. The molecule has 0 radical (unpaired) electrons. The molecule has 1 unspecified atom stereocenters. The van der Waals surface area contributed by atoms with Gasteiger partial charge in [0.2, 0.25) is 0 Å². The second kappa shape index (κ2) is 7.03. The molecule has 0 aliphatic carbocycles. The van der Waals surface area contributed by atoms with E-state index in [1.54, 1.807) is 0 Å². The van der Waals surface area contributed by atoms with Crippen molar-refractivity contribution in [1.29, 1.82) is 0 Å². The quantitative estimate of drug-likeness (QED) is 0.725. The second-order valence-corrected chi connectivity index (χ2v) is 5.59. The fourth-order valence-corrected chi connectivity index (χ4v) is 2.50. The van der Waals surface area contributed by atoms with Gasteiger partial charge in [0, 0.05) is 11.6 Å². The summed E-state index contributed by atoms with van der Waals surface area (Å²) in [6, 6.07) is 8.30.